The van der Waals surface area contributed by atoms with Crippen molar-refractivity contribution in [1.29, 1.82) is 0 Å². The lowest BCUT2D eigenvalue weighted by molar-refractivity contribution is 0.0835. The van der Waals surface area contributed by atoms with Crippen LogP contribution in [0.25, 0.3) is 0 Å². The molecule has 0 radical (unpaired) electrons. The molecule has 20 heavy (non-hydrogen) atoms. The van der Waals surface area contributed by atoms with Gasteiger partial charge in [0.1, 0.15) is 6.10 Å². The Balaban J connectivity index is 1.67. The maximum atomic E-state index is 5.52. The van der Waals surface area contributed by atoms with Gasteiger partial charge in [0.25, 0.3) is 5.89 Å². The number of hydrogen-bond donors (Lipinski definition) is 1. The van der Waals surface area contributed by atoms with Crippen LogP contribution in [0.1, 0.15) is 56.8 Å². The van der Waals surface area contributed by atoms with Crippen LogP contribution in [0.4, 0.5) is 0 Å². The fraction of sp³-hybridized carbons (Fsp3) is 0.733. The van der Waals surface area contributed by atoms with Gasteiger partial charge in [0.2, 0.25) is 0 Å². The van der Waals surface area contributed by atoms with Crippen LogP contribution in [0.5, 0.6) is 0 Å². The topological polar surface area (TPSA) is 60.2 Å². The van der Waals surface area contributed by atoms with Gasteiger partial charge in [0, 0.05) is 6.61 Å². The van der Waals surface area contributed by atoms with Crippen molar-refractivity contribution in [3.63, 3.8) is 0 Å². The number of rotatable bonds is 9. The normalized spacial score (nSPS) is 20.1. The van der Waals surface area contributed by atoms with Gasteiger partial charge in [-0.2, -0.15) is 4.98 Å². The first-order valence-corrected chi connectivity index (χ1v) is 7.59. The number of nitrogens with one attached hydrogen (secondary N) is 1. The summed E-state index contributed by atoms with van der Waals surface area (Å²) in [4.78, 5) is 4.38. The fourth-order valence-corrected chi connectivity index (χ4v) is 2.47. The number of ether oxygens (including phenoxy) is 1. The number of aromatic nitrogens is 2. The summed E-state index contributed by atoms with van der Waals surface area (Å²) in [7, 11) is 0. The summed E-state index contributed by atoms with van der Waals surface area (Å²) in [5.74, 6) is 2.05. The molecule has 2 unspecified atom stereocenters. The Morgan fingerprint density at radius 2 is 2.45 bits per heavy atom. The minimum Gasteiger partial charge on any atom is -0.368 e. The zero-order valence-electron chi connectivity index (χ0n) is 12.3. The van der Waals surface area contributed by atoms with Crippen LogP contribution < -0.4 is 5.32 Å². The van der Waals surface area contributed by atoms with Crippen LogP contribution in [0.2, 0.25) is 0 Å². The molecule has 5 heteroatoms. The standard InChI is InChI=1S/C15H25N3O2/c1-3-6-12(4-2)8-9-16-11-14-17-15(20-18-14)13-7-5-10-19-13/h3,12-13,16H,1,4-11H2,2H3. The molecule has 1 aromatic heterocycles. The van der Waals surface area contributed by atoms with Crippen LogP contribution in [0, 0.1) is 5.92 Å². The van der Waals surface area contributed by atoms with Crippen LogP contribution in [-0.2, 0) is 11.3 Å². The molecule has 2 atom stereocenters. The van der Waals surface area contributed by atoms with Crippen molar-refractivity contribution in [2.45, 2.75) is 51.7 Å². The second-order valence-corrected chi connectivity index (χ2v) is 5.31. The zero-order chi connectivity index (χ0) is 14.2. The Morgan fingerprint density at radius 3 is 3.15 bits per heavy atom. The van der Waals surface area contributed by atoms with Crippen LogP contribution in [0.3, 0.4) is 0 Å². The fourth-order valence-electron chi connectivity index (χ4n) is 2.47. The maximum absolute atomic E-state index is 5.52. The highest BCUT2D eigenvalue weighted by Gasteiger charge is 2.23. The lowest BCUT2D eigenvalue weighted by Crippen LogP contribution is -2.18. The van der Waals surface area contributed by atoms with Crippen molar-refractivity contribution >= 4 is 0 Å². The van der Waals surface area contributed by atoms with Crippen molar-refractivity contribution in [2.24, 2.45) is 5.92 Å². The molecule has 0 aliphatic carbocycles. The predicted molar refractivity (Wildman–Crippen MR) is 77.1 cm³/mol. The van der Waals surface area contributed by atoms with Crippen LogP contribution >= 0.6 is 0 Å². The van der Waals surface area contributed by atoms with Gasteiger partial charge in [0.05, 0.1) is 6.54 Å². The third-order valence-corrected chi connectivity index (χ3v) is 3.78. The second kappa shape index (κ2) is 8.17. The van der Waals surface area contributed by atoms with Gasteiger partial charge in [-0.25, -0.2) is 0 Å². The third-order valence-electron chi connectivity index (χ3n) is 3.78. The van der Waals surface area contributed by atoms with Gasteiger partial charge >= 0.3 is 0 Å². The first kappa shape index (κ1) is 15.2. The molecule has 1 saturated heterocycles. The highest BCUT2D eigenvalue weighted by Crippen LogP contribution is 2.26. The van der Waals surface area contributed by atoms with E-state index in [1.165, 1.54) is 6.42 Å². The molecule has 0 saturated carbocycles. The molecule has 0 bridgehead atoms. The van der Waals surface area contributed by atoms with E-state index in [2.05, 4.69) is 29.0 Å². The summed E-state index contributed by atoms with van der Waals surface area (Å²) in [6, 6.07) is 0. The van der Waals surface area contributed by atoms with Gasteiger partial charge in [0.15, 0.2) is 5.82 Å². The van der Waals surface area contributed by atoms with E-state index in [1.54, 1.807) is 0 Å². The first-order valence-electron chi connectivity index (χ1n) is 7.59. The van der Waals surface area contributed by atoms with E-state index in [-0.39, 0.29) is 6.10 Å². The first-order chi connectivity index (χ1) is 9.83. The van der Waals surface area contributed by atoms with Gasteiger partial charge < -0.3 is 14.6 Å². The molecule has 1 fully saturated rings. The van der Waals surface area contributed by atoms with Crippen molar-refractivity contribution in [1.82, 2.24) is 15.5 Å². The molecule has 1 N–H and O–H groups in total. The molecule has 1 aliphatic rings. The monoisotopic (exact) mass is 279 g/mol. The SMILES string of the molecule is C=CCC(CC)CCNCc1noc(C2CCCO2)n1. The molecular formula is C15H25N3O2. The minimum atomic E-state index is 0.00770. The third kappa shape index (κ3) is 4.42. The molecule has 0 spiro atoms. The zero-order valence-corrected chi connectivity index (χ0v) is 12.3. The summed E-state index contributed by atoms with van der Waals surface area (Å²) >= 11 is 0. The Kier molecular flexibility index (Phi) is 6.21. The number of hydrogen-bond acceptors (Lipinski definition) is 5. The van der Waals surface area contributed by atoms with Crippen LogP contribution in [-0.4, -0.2) is 23.3 Å². The highest BCUT2D eigenvalue weighted by molar-refractivity contribution is 4.91. The molecule has 2 heterocycles. The Bertz CT molecular complexity index is 400. The molecular weight excluding hydrogens is 254 g/mol. The van der Waals surface area contributed by atoms with Crippen LogP contribution in [0.15, 0.2) is 17.2 Å². The average molecular weight is 279 g/mol. The highest BCUT2D eigenvalue weighted by atomic mass is 16.5. The quantitative estimate of drug-likeness (QED) is 0.556. The van der Waals surface area contributed by atoms with Crippen molar-refractivity contribution in [2.75, 3.05) is 13.2 Å². The van der Waals surface area contributed by atoms with Gasteiger partial charge in [-0.1, -0.05) is 24.6 Å². The van der Waals surface area contributed by atoms with E-state index in [9.17, 15) is 0 Å². The molecule has 1 aromatic rings. The lowest BCUT2D eigenvalue weighted by atomic mass is 9.99. The van der Waals surface area contributed by atoms with E-state index in [0.29, 0.717) is 24.2 Å². The predicted octanol–water partition coefficient (Wildman–Crippen LogP) is 3.00. The van der Waals surface area contributed by atoms with Crippen molar-refractivity contribution in [3.05, 3.63) is 24.4 Å². The molecule has 0 aromatic carbocycles. The number of nitrogens with zero attached hydrogens (tertiary/aromatic N) is 2. The van der Waals surface area contributed by atoms with E-state index < -0.39 is 0 Å². The Hall–Kier alpha value is -1.20. The van der Waals surface area contributed by atoms with E-state index in [0.717, 1.165) is 38.8 Å². The minimum absolute atomic E-state index is 0.00770. The summed E-state index contributed by atoms with van der Waals surface area (Å²) in [6.07, 6.45) is 7.49. The molecule has 0 amide bonds. The largest absolute Gasteiger partial charge is 0.368 e. The maximum Gasteiger partial charge on any atom is 0.255 e. The van der Waals surface area contributed by atoms with Crippen molar-refractivity contribution in [3.8, 4) is 0 Å². The summed E-state index contributed by atoms with van der Waals surface area (Å²) < 4.78 is 10.8. The summed E-state index contributed by atoms with van der Waals surface area (Å²) in [6.45, 7) is 8.44. The van der Waals surface area contributed by atoms with E-state index in [1.807, 2.05) is 6.08 Å². The van der Waals surface area contributed by atoms with Gasteiger partial charge in [-0.05, 0) is 38.1 Å². The summed E-state index contributed by atoms with van der Waals surface area (Å²) in [5, 5.41) is 7.36. The van der Waals surface area contributed by atoms with Gasteiger partial charge in [-0.3, -0.25) is 0 Å². The Morgan fingerprint density at radius 1 is 1.55 bits per heavy atom. The summed E-state index contributed by atoms with van der Waals surface area (Å²) in [5.41, 5.74) is 0. The molecule has 112 valence electrons. The smallest absolute Gasteiger partial charge is 0.255 e. The van der Waals surface area contributed by atoms with E-state index >= 15 is 0 Å². The Labute approximate surface area is 120 Å². The number of allylic oxidation sites excluding steroid dienone is 1. The van der Waals surface area contributed by atoms with E-state index in [4.69, 9.17) is 9.26 Å². The molecule has 5 nitrogen and oxygen atoms in total. The lowest BCUT2D eigenvalue weighted by Gasteiger charge is -2.11. The van der Waals surface area contributed by atoms with Gasteiger partial charge in [-0.15, -0.1) is 6.58 Å². The van der Waals surface area contributed by atoms with Crippen molar-refractivity contribution < 1.29 is 9.26 Å². The second-order valence-electron chi connectivity index (χ2n) is 5.31. The average Bonchev–Trinajstić information content (AvgIpc) is 3.12. The molecule has 1 aliphatic heterocycles. The molecule has 2 rings (SSSR count).